The van der Waals surface area contributed by atoms with Crippen molar-refractivity contribution < 1.29 is 9.18 Å². The molecule has 0 aromatic heterocycles. The SMILES string of the molecule is CC(C)C(=O)[C@H](N)Cc1ccc(Cl)c(F)c1. The summed E-state index contributed by atoms with van der Waals surface area (Å²) in [5, 5.41) is 0.0764. The van der Waals surface area contributed by atoms with Gasteiger partial charge in [0.25, 0.3) is 0 Å². The third-order valence-corrected chi connectivity index (χ3v) is 2.68. The fourth-order valence-electron chi connectivity index (χ4n) is 1.45. The molecule has 88 valence electrons. The van der Waals surface area contributed by atoms with Crippen LogP contribution in [0.1, 0.15) is 19.4 Å². The Morgan fingerprint density at radius 1 is 1.50 bits per heavy atom. The van der Waals surface area contributed by atoms with Crippen molar-refractivity contribution in [2.45, 2.75) is 26.3 Å². The molecular formula is C12H15ClFNO. The molecule has 0 spiro atoms. The van der Waals surface area contributed by atoms with Gasteiger partial charge in [0.2, 0.25) is 0 Å². The van der Waals surface area contributed by atoms with E-state index in [4.69, 9.17) is 17.3 Å². The van der Waals surface area contributed by atoms with Gasteiger partial charge in [-0.1, -0.05) is 31.5 Å². The van der Waals surface area contributed by atoms with Crippen molar-refractivity contribution in [1.29, 1.82) is 0 Å². The zero-order valence-electron chi connectivity index (χ0n) is 9.34. The van der Waals surface area contributed by atoms with E-state index in [9.17, 15) is 9.18 Å². The van der Waals surface area contributed by atoms with Crippen LogP contribution in [0.5, 0.6) is 0 Å². The molecule has 0 aliphatic carbocycles. The smallest absolute Gasteiger partial charge is 0.152 e. The summed E-state index contributed by atoms with van der Waals surface area (Å²) >= 11 is 5.56. The molecule has 0 radical (unpaired) electrons. The lowest BCUT2D eigenvalue weighted by molar-refractivity contribution is -0.123. The average Bonchev–Trinajstić information content (AvgIpc) is 2.22. The third kappa shape index (κ3) is 3.29. The maximum absolute atomic E-state index is 13.1. The van der Waals surface area contributed by atoms with Gasteiger partial charge in [-0.2, -0.15) is 0 Å². The minimum absolute atomic E-state index is 0.0182. The van der Waals surface area contributed by atoms with Crippen LogP contribution >= 0.6 is 11.6 Å². The maximum atomic E-state index is 13.1. The zero-order valence-corrected chi connectivity index (χ0v) is 10.1. The first kappa shape index (κ1) is 13.1. The quantitative estimate of drug-likeness (QED) is 0.883. The first-order chi connectivity index (χ1) is 7.41. The minimum Gasteiger partial charge on any atom is -0.321 e. The summed E-state index contributed by atoms with van der Waals surface area (Å²) in [6.07, 6.45) is 0.338. The molecule has 0 aliphatic heterocycles. The van der Waals surface area contributed by atoms with Crippen LogP contribution < -0.4 is 5.73 Å². The lowest BCUT2D eigenvalue weighted by atomic mass is 9.96. The Bertz CT molecular complexity index is 393. The lowest BCUT2D eigenvalue weighted by Gasteiger charge is -2.13. The number of Topliss-reactive ketones (excluding diaryl/α,β-unsaturated/α-hetero) is 1. The van der Waals surface area contributed by atoms with Gasteiger partial charge in [0, 0.05) is 5.92 Å². The van der Waals surface area contributed by atoms with E-state index in [-0.39, 0.29) is 16.7 Å². The maximum Gasteiger partial charge on any atom is 0.152 e. The summed E-state index contributed by atoms with van der Waals surface area (Å²) < 4.78 is 13.1. The molecule has 16 heavy (non-hydrogen) atoms. The number of carbonyl (C=O) groups is 1. The molecule has 1 rings (SSSR count). The van der Waals surface area contributed by atoms with Gasteiger partial charge in [0.15, 0.2) is 5.78 Å². The van der Waals surface area contributed by atoms with E-state index in [0.29, 0.717) is 12.0 Å². The molecule has 2 N–H and O–H groups in total. The molecule has 1 aromatic carbocycles. The van der Waals surface area contributed by atoms with Crippen molar-refractivity contribution in [3.8, 4) is 0 Å². The standard InChI is InChI=1S/C12H15ClFNO/c1-7(2)12(16)11(15)6-8-3-4-9(13)10(14)5-8/h3-5,7,11H,6,15H2,1-2H3/t11-/m1/s1. The molecule has 2 nitrogen and oxygen atoms in total. The Morgan fingerprint density at radius 3 is 2.62 bits per heavy atom. The van der Waals surface area contributed by atoms with Gasteiger partial charge in [-0.25, -0.2) is 4.39 Å². The van der Waals surface area contributed by atoms with E-state index in [1.165, 1.54) is 12.1 Å². The van der Waals surface area contributed by atoms with E-state index in [1.807, 2.05) is 0 Å². The highest BCUT2D eigenvalue weighted by Crippen LogP contribution is 2.16. The van der Waals surface area contributed by atoms with Crippen LogP contribution in [0.2, 0.25) is 5.02 Å². The number of carbonyl (C=O) groups excluding carboxylic acids is 1. The molecule has 0 fully saturated rings. The second-order valence-electron chi connectivity index (χ2n) is 4.12. The van der Waals surface area contributed by atoms with Crippen molar-refractivity contribution in [3.63, 3.8) is 0 Å². The first-order valence-corrected chi connectivity index (χ1v) is 5.53. The van der Waals surface area contributed by atoms with Crippen LogP contribution in [0, 0.1) is 11.7 Å². The average molecular weight is 244 g/mol. The molecule has 0 saturated carbocycles. The van der Waals surface area contributed by atoms with Gasteiger partial charge in [0.1, 0.15) is 5.82 Å². The molecule has 4 heteroatoms. The van der Waals surface area contributed by atoms with Crippen molar-refractivity contribution in [1.82, 2.24) is 0 Å². The molecule has 0 saturated heterocycles. The first-order valence-electron chi connectivity index (χ1n) is 5.15. The highest BCUT2D eigenvalue weighted by molar-refractivity contribution is 6.30. The van der Waals surface area contributed by atoms with Gasteiger partial charge in [-0.15, -0.1) is 0 Å². The Morgan fingerprint density at radius 2 is 2.12 bits per heavy atom. The van der Waals surface area contributed by atoms with Crippen LogP contribution in [0.25, 0.3) is 0 Å². The van der Waals surface area contributed by atoms with E-state index in [2.05, 4.69) is 0 Å². The Kier molecular flexibility index (Phi) is 4.44. The topological polar surface area (TPSA) is 43.1 Å². The highest BCUT2D eigenvalue weighted by Gasteiger charge is 2.17. The van der Waals surface area contributed by atoms with E-state index in [0.717, 1.165) is 0 Å². The Hall–Kier alpha value is -0.930. The van der Waals surface area contributed by atoms with Gasteiger partial charge < -0.3 is 5.73 Å². The van der Waals surface area contributed by atoms with Crippen LogP contribution in [0.3, 0.4) is 0 Å². The molecule has 0 amide bonds. The lowest BCUT2D eigenvalue weighted by Crippen LogP contribution is -2.35. The molecular weight excluding hydrogens is 229 g/mol. The molecule has 0 aliphatic rings. The second kappa shape index (κ2) is 5.41. The van der Waals surface area contributed by atoms with Crippen molar-refractivity contribution in [2.75, 3.05) is 0 Å². The van der Waals surface area contributed by atoms with Gasteiger partial charge in [0.05, 0.1) is 11.1 Å². The van der Waals surface area contributed by atoms with Gasteiger partial charge in [-0.05, 0) is 24.1 Å². The molecule has 0 heterocycles. The molecule has 1 aromatic rings. The van der Waals surface area contributed by atoms with Crippen LogP contribution in [-0.2, 0) is 11.2 Å². The predicted octanol–water partition coefficient (Wildman–Crippen LogP) is 2.57. The number of halogens is 2. The van der Waals surface area contributed by atoms with Crippen molar-refractivity contribution >= 4 is 17.4 Å². The number of hydrogen-bond donors (Lipinski definition) is 1. The number of hydrogen-bond acceptors (Lipinski definition) is 2. The summed E-state index contributed by atoms with van der Waals surface area (Å²) in [5.74, 6) is -0.606. The fraction of sp³-hybridized carbons (Fsp3) is 0.417. The van der Waals surface area contributed by atoms with E-state index >= 15 is 0 Å². The highest BCUT2D eigenvalue weighted by atomic mass is 35.5. The van der Waals surface area contributed by atoms with Crippen LogP contribution in [0.4, 0.5) is 4.39 Å². The Labute approximate surface area is 99.6 Å². The summed E-state index contributed by atoms with van der Waals surface area (Å²) in [6.45, 7) is 3.59. The summed E-state index contributed by atoms with van der Waals surface area (Å²) in [6, 6.07) is 3.88. The predicted molar refractivity (Wildman–Crippen MR) is 62.9 cm³/mol. The number of rotatable bonds is 4. The largest absolute Gasteiger partial charge is 0.321 e. The van der Waals surface area contributed by atoms with Gasteiger partial charge >= 0.3 is 0 Å². The monoisotopic (exact) mass is 243 g/mol. The van der Waals surface area contributed by atoms with Crippen molar-refractivity contribution in [3.05, 3.63) is 34.6 Å². The van der Waals surface area contributed by atoms with Gasteiger partial charge in [-0.3, -0.25) is 4.79 Å². The number of benzene rings is 1. The summed E-state index contributed by atoms with van der Waals surface area (Å²) in [5.41, 5.74) is 6.42. The third-order valence-electron chi connectivity index (χ3n) is 2.37. The van der Waals surface area contributed by atoms with Crippen LogP contribution in [0.15, 0.2) is 18.2 Å². The zero-order chi connectivity index (χ0) is 12.3. The second-order valence-corrected chi connectivity index (χ2v) is 4.52. The molecule has 1 atom stereocenters. The normalized spacial score (nSPS) is 12.9. The number of ketones is 1. The van der Waals surface area contributed by atoms with Crippen LogP contribution in [-0.4, -0.2) is 11.8 Å². The van der Waals surface area contributed by atoms with E-state index < -0.39 is 11.9 Å². The summed E-state index contributed by atoms with van der Waals surface area (Å²) in [4.78, 5) is 11.6. The Balaban J connectivity index is 2.73. The minimum atomic E-state index is -0.583. The van der Waals surface area contributed by atoms with E-state index in [1.54, 1.807) is 19.9 Å². The van der Waals surface area contributed by atoms with Crippen molar-refractivity contribution in [2.24, 2.45) is 11.7 Å². The number of nitrogens with two attached hydrogens (primary N) is 1. The fourth-order valence-corrected chi connectivity index (χ4v) is 1.57. The summed E-state index contributed by atoms with van der Waals surface area (Å²) in [7, 11) is 0. The molecule has 0 bridgehead atoms. The molecule has 0 unspecified atom stereocenters.